The first-order chi connectivity index (χ1) is 1.00. The van der Waals surface area contributed by atoms with Gasteiger partial charge in [0.25, 0.3) is 0 Å². The van der Waals surface area contributed by atoms with Crippen molar-refractivity contribution in [1.82, 2.24) is 0 Å². The van der Waals surface area contributed by atoms with Gasteiger partial charge in [-0.3, -0.25) is 0 Å². The molecule has 0 bridgehead atoms. The van der Waals surface area contributed by atoms with Crippen LogP contribution in [0.25, 0.3) is 0 Å². The van der Waals surface area contributed by atoms with E-state index in [1.54, 1.807) is 0 Å². The quantitative estimate of drug-likeness (QED) is 0.517. The Morgan fingerprint density at radius 1 is 1.25 bits per heavy atom. The van der Waals surface area contributed by atoms with Crippen molar-refractivity contribution >= 4 is 55.7 Å². The molecule has 0 aliphatic heterocycles. The van der Waals surface area contributed by atoms with Gasteiger partial charge in [0.15, 0.2) is 0 Å². The molecule has 0 saturated carbocycles. The van der Waals surface area contributed by atoms with E-state index < -0.39 is 0 Å². The third kappa shape index (κ3) is 8.83. The first-order valence-corrected chi connectivity index (χ1v) is 4.11. The Hall–Kier alpha value is 2.41. The van der Waals surface area contributed by atoms with Crippen molar-refractivity contribution in [2.24, 2.45) is 0 Å². The van der Waals surface area contributed by atoms with E-state index in [0.29, 0.717) is 0 Å². The van der Waals surface area contributed by atoms with Gasteiger partial charge in [-0.2, -0.15) is 0 Å². The van der Waals surface area contributed by atoms with Crippen molar-refractivity contribution in [1.29, 1.82) is 0 Å². The van der Waals surface area contributed by atoms with Gasteiger partial charge in [0.1, 0.15) is 0 Å². The third-order valence-corrected chi connectivity index (χ3v) is 0. The zero-order valence-corrected chi connectivity index (χ0v) is 5.82. The molecule has 0 heterocycles. The second-order valence-corrected chi connectivity index (χ2v) is 0. The molecule has 0 aromatic heterocycles. The van der Waals surface area contributed by atoms with Gasteiger partial charge in [-0.05, 0) is 0 Å². The summed E-state index contributed by atoms with van der Waals surface area (Å²) in [5, 5.41) is 0. The van der Waals surface area contributed by atoms with E-state index in [2.05, 4.69) is 9.29 Å². The van der Waals surface area contributed by atoms with Gasteiger partial charge in [0, 0.05) is 17.1 Å². The number of hydrogen-bond acceptors (Lipinski definition) is 1. The first kappa shape index (κ1) is 16.1. The molecule has 27 valence electrons. The Morgan fingerprint density at radius 3 is 1.25 bits per heavy atom. The second kappa shape index (κ2) is 18.1. The Morgan fingerprint density at radius 2 is 1.25 bits per heavy atom. The van der Waals surface area contributed by atoms with Crippen LogP contribution in [0.5, 0.6) is 0 Å². The van der Waals surface area contributed by atoms with Gasteiger partial charge in [-0.25, -0.2) is 0 Å². The molecule has 0 atom stereocenters. The molecule has 0 aromatic carbocycles. The van der Waals surface area contributed by atoms with E-state index >= 15 is 0 Å². The van der Waals surface area contributed by atoms with Crippen LogP contribution in [0.3, 0.4) is 0 Å². The average Bonchev–Trinajstić information content (AvgIpc) is 1.00. The summed E-state index contributed by atoms with van der Waals surface area (Å²) in [5.41, 5.74) is 0. The predicted octanol–water partition coefficient (Wildman–Crippen LogP) is -0.919. The van der Waals surface area contributed by atoms with Crippen molar-refractivity contribution in [3.05, 3.63) is 0 Å². The van der Waals surface area contributed by atoms with Crippen molar-refractivity contribution in [3.63, 3.8) is 0 Å². The van der Waals surface area contributed by atoms with Gasteiger partial charge >= 0.3 is 55.7 Å². The summed E-state index contributed by atoms with van der Waals surface area (Å²) in [7, 11) is 4.17. The Kier molecular flexibility index (Phi) is 73.1. The van der Waals surface area contributed by atoms with E-state index in [4.69, 9.17) is 0 Å². The van der Waals surface area contributed by atoms with Gasteiger partial charge in [-0.1, -0.05) is 0 Å². The van der Waals surface area contributed by atoms with Crippen LogP contribution in [0.1, 0.15) is 0 Å². The monoisotopic (exact) mass is 333 g/mol. The van der Waals surface area contributed by atoms with Crippen molar-refractivity contribution < 1.29 is 17.1 Å². The van der Waals surface area contributed by atoms with E-state index in [0.717, 1.165) is 20.6 Å². The van der Waals surface area contributed by atoms with Crippen LogP contribution >= 0.6 is 9.29 Å². The third-order valence-electron chi connectivity index (χ3n) is 0. The normalized spacial score (nSPS) is 1.00. The summed E-state index contributed by atoms with van der Waals surface area (Å²) >= 11 is 1.13. The minimum atomic E-state index is 0. The number of rotatable bonds is 0. The van der Waals surface area contributed by atoms with Crippen LogP contribution in [0.4, 0.5) is 0 Å². The summed E-state index contributed by atoms with van der Waals surface area (Å²) in [6, 6.07) is 0. The zero-order valence-electron chi connectivity index (χ0n) is 1.21. The minimum absolute atomic E-state index is 0. The molecule has 0 aliphatic rings. The molecule has 0 rings (SSSR count). The predicted molar refractivity (Wildman–Crippen MR) is 23.3 cm³/mol. The van der Waals surface area contributed by atoms with Gasteiger partial charge in [-0.15, -0.1) is 0 Å². The molecule has 0 aromatic rings. The van der Waals surface area contributed by atoms with E-state index in [1.165, 1.54) is 0 Å². The summed E-state index contributed by atoms with van der Waals surface area (Å²) in [6.45, 7) is 0. The molecule has 0 amide bonds. The van der Waals surface area contributed by atoms with E-state index in [-0.39, 0.29) is 42.9 Å². The van der Waals surface area contributed by atoms with Crippen LogP contribution in [-0.4, -0.2) is 46.4 Å². The van der Waals surface area contributed by atoms with Crippen LogP contribution in [0.15, 0.2) is 0 Å². The molecule has 0 saturated heterocycles. The fourth-order valence-electron chi connectivity index (χ4n) is 0. The van der Waals surface area contributed by atoms with Gasteiger partial charge in [0.2, 0.25) is 0 Å². The second-order valence-electron chi connectivity index (χ2n) is 0. The summed E-state index contributed by atoms with van der Waals surface area (Å²) in [4.78, 5) is 0. The zero-order chi connectivity index (χ0) is 2.00. The van der Waals surface area contributed by atoms with Crippen molar-refractivity contribution in [2.45, 2.75) is 0 Å². The van der Waals surface area contributed by atoms with Crippen LogP contribution in [-0.2, 0) is 17.1 Å². The van der Waals surface area contributed by atoms with E-state index in [1.807, 2.05) is 0 Å². The molecular formula is H3CuInSSn. The molecule has 0 spiro atoms. The molecule has 3 radical (unpaired) electrons. The summed E-state index contributed by atoms with van der Waals surface area (Å²) in [5.74, 6) is 0. The Labute approximate surface area is 71.6 Å². The van der Waals surface area contributed by atoms with Crippen LogP contribution in [0, 0.1) is 0 Å². The number of hydrogen-bond donors (Lipinski definition) is 0. The Bertz CT molecular complexity index is 8.00. The maximum absolute atomic E-state index is 4.17. The molecular weight excluding hydrogens is 329 g/mol. The fraction of sp³-hybridized carbons (Fsp3) is 0. The molecule has 0 fully saturated rings. The molecule has 0 N–H and O–H groups in total. The van der Waals surface area contributed by atoms with Gasteiger partial charge in [0.05, 0.1) is 0 Å². The van der Waals surface area contributed by atoms with Crippen molar-refractivity contribution in [2.75, 3.05) is 0 Å². The summed E-state index contributed by atoms with van der Waals surface area (Å²) < 4.78 is 0. The molecule has 0 nitrogen and oxygen atoms in total. The topological polar surface area (TPSA) is 0 Å². The van der Waals surface area contributed by atoms with E-state index in [9.17, 15) is 0 Å². The van der Waals surface area contributed by atoms with Gasteiger partial charge < -0.3 is 0 Å². The maximum atomic E-state index is 4.17. The molecule has 4 heteroatoms. The Balaban J connectivity index is -0.00000000500. The SMILES string of the molecule is [Cu].[InH3].[S]=[Sn]. The first-order valence-electron chi connectivity index (χ1n) is 0.204. The molecule has 0 unspecified atom stereocenters. The molecule has 0 aliphatic carbocycles. The standard InChI is InChI=1S/Cu.In.S.Sn.3H. The van der Waals surface area contributed by atoms with Crippen molar-refractivity contribution in [3.8, 4) is 0 Å². The molecule has 4 heavy (non-hydrogen) atoms. The average molecular weight is 332 g/mol. The van der Waals surface area contributed by atoms with Crippen LogP contribution in [0.2, 0.25) is 0 Å². The van der Waals surface area contributed by atoms with Crippen LogP contribution < -0.4 is 0 Å². The fourth-order valence-corrected chi connectivity index (χ4v) is 0. The summed E-state index contributed by atoms with van der Waals surface area (Å²) in [6.07, 6.45) is 0.